The Kier molecular flexibility index (Phi) is 3.31. The first-order valence-electron chi connectivity index (χ1n) is 5.18. The van der Waals surface area contributed by atoms with Crippen molar-refractivity contribution in [3.8, 4) is 5.88 Å². The Labute approximate surface area is 95.0 Å². The van der Waals surface area contributed by atoms with Gasteiger partial charge in [0.25, 0.3) is 0 Å². The van der Waals surface area contributed by atoms with E-state index >= 15 is 0 Å². The van der Waals surface area contributed by atoms with Crippen molar-refractivity contribution in [2.75, 3.05) is 24.4 Å². The van der Waals surface area contributed by atoms with Crippen LogP contribution in [0.15, 0.2) is 18.3 Å². The average Bonchev–Trinajstić information content (AvgIpc) is 2.77. The number of ether oxygens (including phenoxy) is 1. The van der Waals surface area contributed by atoms with E-state index in [4.69, 9.17) is 16.3 Å². The van der Waals surface area contributed by atoms with Gasteiger partial charge < -0.3 is 9.64 Å². The Morgan fingerprint density at radius 3 is 3.27 bits per heavy atom. The van der Waals surface area contributed by atoms with Gasteiger partial charge >= 0.3 is 0 Å². The van der Waals surface area contributed by atoms with Crippen LogP contribution < -0.4 is 9.64 Å². The molecule has 15 heavy (non-hydrogen) atoms. The molecule has 0 amide bonds. The lowest BCUT2D eigenvalue weighted by Gasteiger charge is -2.25. The summed E-state index contributed by atoms with van der Waals surface area (Å²) in [5, 5.41) is 0. The Morgan fingerprint density at radius 2 is 2.53 bits per heavy atom. The van der Waals surface area contributed by atoms with Crippen LogP contribution >= 0.6 is 11.6 Å². The van der Waals surface area contributed by atoms with Gasteiger partial charge in [-0.1, -0.05) is 0 Å². The van der Waals surface area contributed by atoms with Gasteiger partial charge in [-0.3, -0.25) is 0 Å². The first kappa shape index (κ1) is 10.6. The number of anilines is 1. The maximum Gasteiger partial charge on any atom is 0.214 e. The number of hydrogen-bond donors (Lipinski definition) is 0. The van der Waals surface area contributed by atoms with E-state index < -0.39 is 0 Å². The molecule has 1 aliphatic heterocycles. The first-order valence-corrected chi connectivity index (χ1v) is 5.71. The number of alkyl halides is 1. The van der Waals surface area contributed by atoms with Gasteiger partial charge in [-0.25, -0.2) is 4.98 Å². The van der Waals surface area contributed by atoms with Crippen LogP contribution in [0, 0.1) is 0 Å². The quantitative estimate of drug-likeness (QED) is 0.740. The Balaban J connectivity index is 2.20. The Morgan fingerprint density at radius 1 is 1.67 bits per heavy atom. The third-order valence-corrected chi connectivity index (χ3v) is 3.17. The van der Waals surface area contributed by atoms with Crippen molar-refractivity contribution in [2.45, 2.75) is 18.9 Å². The van der Waals surface area contributed by atoms with Gasteiger partial charge in [0.05, 0.1) is 7.11 Å². The van der Waals surface area contributed by atoms with E-state index in [1.54, 1.807) is 13.3 Å². The molecule has 1 atom stereocenters. The number of methoxy groups -OCH3 is 1. The number of nitrogens with zero attached hydrogens (tertiary/aromatic N) is 2. The summed E-state index contributed by atoms with van der Waals surface area (Å²) in [5.74, 6) is 1.35. The Hall–Kier alpha value is -0.960. The molecule has 0 spiro atoms. The van der Waals surface area contributed by atoms with Crippen molar-refractivity contribution in [1.82, 2.24) is 4.98 Å². The van der Waals surface area contributed by atoms with E-state index in [-0.39, 0.29) is 0 Å². The van der Waals surface area contributed by atoms with Crippen molar-refractivity contribution in [3.63, 3.8) is 0 Å². The van der Waals surface area contributed by atoms with Gasteiger partial charge in [-0.15, -0.1) is 11.6 Å². The van der Waals surface area contributed by atoms with Crippen molar-refractivity contribution in [1.29, 1.82) is 0 Å². The molecule has 0 aliphatic carbocycles. The lowest BCUT2D eigenvalue weighted by atomic mass is 10.2. The summed E-state index contributed by atoms with van der Waals surface area (Å²) in [5.41, 5.74) is 1.16. The van der Waals surface area contributed by atoms with Crippen LogP contribution in [0.4, 0.5) is 5.69 Å². The smallest absolute Gasteiger partial charge is 0.214 e. The lowest BCUT2D eigenvalue weighted by Crippen LogP contribution is -2.30. The topological polar surface area (TPSA) is 25.4 Å². The van der Waals surface area contributed by atoms with Gasteiger partial charge in [0.1, 0.15) is 0 Å². The number of hydrogen-bond acceptors (Lipinski definition) is 3. The second-order valence-electron chi connectivity index (χ2n) is 3.70. The number of aromatic nitrogens is 1. The Bertz CT molecular complexity index is 332. The van der Waals surface area contributed by atoms with E-state index in [1.807, 2.05) is 12.1 Å². The fraction of sp³-hybridized carbons (Fsp3) is 0.545. The predicted molar refractivity (Wildman–Crippen MR) is 61.9 cm³/mol. The predicted octanol–water partition coefficient (Wildman–Crippen LogP) is 2.30. The van der Waals surface area contributed by atoms with Gasteiger partial charge in [0.2, 0.25) is 5.88 Å². The molecule has 1 unspecified atom stereocenters. The summed E-state index contributed by atoms with van der Waals surface area (Å²) in [4.78, 5) is 6.43. The second-order valence-corrected chi connectivity index (χ2v) is 4.01. The van der Waals surface area contributed by atoms with Crippen LogP contribution in [-0.4, -0.2) is 30.6 Å². The SMILES string of the molecule is COc1cc(N2CCCC2CCl)ccn1. The zero-order chi connectivity index (χ0) is 10.7. The largest absolute Gasteiger partial charge is 0.481 e. The summed E-state index contributed by atoms with van der Waals surface area (Å²) < 4.78 is 5.11. The van der Waals surface area contributed by atoms with E-state index in [9.17, 15) is 0 Å². The van der Waals surface area contributed by atoms with Crippen LogP contribution in [0.2, 0.25) is 0 Å². The molecule has 0 saturated carbocycles. The molecular weight excluding hydrogens is 212 g/mol. The van der Waals surface area contributed by atoms with E-state index in [0.717, 1.165) is 12.2 Å². The minimum Gasteiger partial charge on any atom is -0.481 e. The highest BCUT2D eigenvalue weighted by molar-refractivity contribution is 6.18. The molecule has 1 fully saturated rings. The van der Waals surface area contributed by atoms with Gasteiger partial charge in [-0.05, 0) is 18.9 Å². The standard InChI is InChI=1S/C11H15ClN2O/c1-15-11-7-9(4-5-13-11)14-6-2-3-10(14)8-12/h4-5,7,10H,2-3,6,8H2,1H3. The van der Waals surface area contributed by atoms with Crippen molar-refractivity contribution in [3.05, 3.63) is 18.3 Å². The third kappa shape index (κ3) is 2.17. The maximum absolute atomic E-state index is 5.94. The highest BCUT2D eigenvalue weighted by atomic mass is 35.5. The first-order chi connectivity index (χ1) is 7.35. The van der Waals surface area contributed by atoms with Crippen molar-refractivity contribution in [2.24, 2.45) is 0 Å². The molecule has 1 aromatic rings. The normalized spacial score (nSPS) is 20.7. The highest BCUT2D eigenvalue weighted by Crippen LogP contribution is 2.27. The molecule has 0 aromatic carbocycles. The third-order valence-electron chi connectivity index (χ3n) is 2.81. The van der Waals surface area contributed by atoms with Crippen LogP contribution in [-0.2, 0) is 0 Å². The molecule has 0 radical (unpaired) electrons. The fourth-order valence-corrected chi connectivity index (χ4v) is 2.35. The summed E-state index contributed by atoms with van der Waals surface area (Å²) in [6.45, 7) is 1.07. The number of halogens is 1. The highest BCUT2D eigenvalue weighted by Gasteiger charge is 2.23. The number of pyridine rings is 1. The van der Waals surface area contributed by atoms with Gasteiger partial charge in [-0.2, -0.15) is 0 Å². The molecule has 3 nitrogen and oxygen atoms in total. The summed E-state index contributed by atoms with van der Waals surface area (Å²) in [6.07, 6.45) is 4.16. The molecule has 82 valence electrons. The van der Waals surface area contributed by atoms with Crippen molar-refractivity contribution >= 4 is 17.3 Å². The minimum absolute atomic E-state index is 0.457. The molecule has 2 rings (SSSR count). The second kappa shape index (κ2) is 4.71. The molecule has 1 saturated heterocycles. The molecule has 1 aliphatic rings. The summed E-state index contributed by atoms with van der Waals surface area (Å²) in [6, 6.07) is 4.43. The molecule has 0 bridgehead atoms. The van der Waals surface area contributed by atoms with Gasteiger partial charge in [0, 0.05) is 36.4 Å². The van der Waals surface area contributed by atoms with Crippen LogP contribution in [0.5, 0.6) is 5.88 Å². The van der Waals surface area contributed by atoms with Crippen LogP contribution in [0.25, 0.3) is 0 Å². The zero-order valence-corrected chi connectivity index (χ0v) is 9.57. The van der Waals surface area contributed by atoms with Crippen LogP contribution in [0.1, 0.15) is 12.8 Å². The lowest BCUT2D eigenvalue weighted by molar-refractivity contribution is 0.398. The molecular formula is C11H15ClN2O. The maximum atomic E-state index is 5.94. The molecule has 1 aromatic heterocycles. The van der Waals surface area contributed by atoms with E-state index in [0.29, 0.717) is 17.8 Å². The van der Waals surface area contributed by atoms with Gasteiger partial charge in [0.15, 0.2) is 0 Å². The molecule has 0 N–H and O–H groups in total. The molecule has 2 heterocycles. The summed E-state index contributed by atoms with van der Waals surface area (Å²) in [7, 11) is 1.63. The molecule has 4 heteroatoms. The van der Waals surface area contributed by atoms with Crippen LogP contribution in [0.3, 0.4) is 0 Å². The number of rotatable bonds is 3. The minimum atomic E-state index is 0.457. The monoisotopic (exact) mass is 226 g/mol. The zero-order valence-electron chi connectivity index (χ0n) is 8.82. The van der Waals surface area contributed by atoms with E-state index in [2.05, 4.69) is 9.88 Å². The average molecular weight is 227 g/mol. The van der Waals surface area contributed by atoms with E-state index in [1.165, 1.54) is 12.8 Å². The summed E-state index contributed by atoms with van der Waals surface area (Å²) >= 11 is 5.94. The van der Waals surface area contributed by atoms with Crippen molar-refractivity contribution < 1.29 is 4.74 Å². The fourth-order valence-electron chi connectivity index (χ4n) is 2.03.